The van der Waals surface area contributed by atoms with E-state index in [1.54, 1.807) is 7.11 Å². The summed E-state index contributed by atoms with van der Waals surface area (Å²) in [6.07, 6.45) is 4.65. The molecule has 1 amide bonds. The van der Waals surface area contributed by atoms with Gasteiger partial charge in [-0.2, -0.15) is 0 Å². The zero-order chi connectivity index (χ0) is 16.9. The van der Waals surface area contributed by atoms with Crippen molar-refractivity contribution < 1.29 is 19.4 Å². The van der Waals surface area contributed by atoms with E-state index < -0.39 is 17.4 Å². The average Bonchev–Trinajstić information content (AvgIpc) is 2.50. The summed E-state index contributed by atoms with van der Waals surface area (Å²) in [6.45, 7) is 2.01. The number of carboxylic acid groups (broad SMARTS) is 1. The number of amides is 1. The molecule has 5 heteroatoms. The number of benzene rings is 1. The van der Waals surface area contributed by atoms with Gasteiger partial charge in [-0.15, -0.1) is 0 Å². The van der Waals surface area contributed by atoms with E-state index in [2.05, 4.69) is 5.32 Å². The maximum Gasteiger partial charge on any atom is 0.326 e. The number of carbonyl (C=O) groups excluding carboxylic acids is 1. The molecule has 0 heterocycles. The SMILES string of the molecule is CCCCC(NC(=O)C1(c2ccc(OC)cc2)CCC1)C(=O)O. The molecule has 2 rings (SSSR count). The van der Waals surface area contributed by atoms with Crippen molar-refractivity contribution in [2.24, 2.45) is 0 Å². The van der Waals surface area contributed by atoms with Crippen molar-refractivity contribution in [3.8, 4) is 5.75 Å². The van der Waals surface area contributed by atoms with Crippen LogP contribution in [0.25, 0.3) is 0 Å². The monoisotopic (exact) mass is 319 g/mol. The molecule has 5 nitrogen and oxygen atoms in total. The van der Waals surface area contributed by atoms with E-state index in [9.17, 15) is 14.7 Å². The third-order valence-corrected chi connectivity index (χ3v) is 4.73. The first-order valence-corrected chi connectivity index (χ1v) is 8.22. The van der Waals surface area contributed by atoms with E-state index in [-0.39, 0.29) is 5.91 Å². The van der Waals surface area contributed by atoms with E-state index >= 15 is 0 Å². The van der Waals surface area contributed by atoms with Gasteiger partial charge >= 0.3 is 5.97 Å². The first-order chi connectivity index (χ1) is 11.0. The Balaban J connectivity index is 2.14. The van der Waals surface area contributed by atoms with Crippen LogP contribution in [-0.4, -0.2) is 30.1 Å². The number of methoxy groups -OCH3 is 1. The Kier molecular flexibility index (Phi) is 5.64. The van der Waals surface area contributed by atoms with Crippen LogP contribution in [0.3, 0.4) is 0 Å². The van der Waals surface area contributed by atoms with Crippen molar-refractivity contribution in [2.75, 3.05) is 7.11 Å². The molecule has 0 aromatic heterocycles. The maximum atomic E-state index is 12.8. The Morgan fingerprint density at radius 3 is 2.39 bits per heavy atom. The van der Waals surface area contributed by atoms with Crippen LogP contribution >= 0.6 is 0 Å². The summed E-state index contributed by atoms with van der Waals surface area (Å²) < 4.78 is 5.16. The number of ether oxygens (including phenoxy) is 1. The Bertz CT molecular complexity index is 549. The average molecular weight is 319 g/mol. The molecule has 126 valence electrons. The van der Waals surface area contributed by atoms with Crippen LogP contribution in [0.1, 0.15) is 51.0 Å². The zero-order valence-corrected chi connectivity index (χ0v) is 13.8. The summed E-state index contributed by atoms with van der Waals surface area (Å²) in [6, 6.07) is 6.68. The third-order valence-electron chi connectivity index (χ3n) is 4.73. The quantitative estimate of drug-likeness (QED) is 0.772. The minimum atomic E-state index is -0.962. The number of unbranched alkanes of at least 4 members (excludes halogenated alkanes) is 1. The van der Waals surface area contributed by atoms with Gasteiger partial charge < -0.3 is 15.2 Å². The largest absolute Gasteiger partial charge is 0.497 e. The Morgan fingerprint density at radius 2 is 1.96 bits per heavy atom. The zero-order valence-electron chi connectivity index (χ0n) is 13.8. The van der Waals surface area contributed by atoms with Gasteiger partial charge in [-0.3, -0.25) is 4.79 Å². The number of carboxylic acids is 1. The molecule has 0 saturated heterocycles. The lowest BCUT2D eigenvalue weighted by Gasteiger charge is -2.41. The Labute approximate surface area is 137 Å². The van der Waals surface area contributed by atoms with E-state index in [1.165, 1.54) is 0 Å². The molecule has 1 aromatic carbocycles. The second-order valence-corrected chi connectivity index (χ2v) is 6.17. The fourth-order valence-electron chi connectivity index (χ4n) is 3.05. The smallest absolute Gasteiger partial charge is 0.326 e. The summed E-state index contributed by atoms with van der Waals surface area (Å²) in [5.74, 6) is -0.386. The molecule has 1 aliphatic rings. The van der Waals surface area contributed by atoms with Crippen LogP contribution in [0.2, 0.25) is 0 Å². The predicted octanol–water partition coefficient (Wildman–Crippen LogP) is 2.88. The molecule has 0 bridgehead atoms. The number of hydrogen-bond acceptors (Lipinski definition) is 3. The van der Waals surface area contributed by atoms with Crippen LogP contribution in [0, 0.1) is 0 Å². The summed E-state index contributed by atoms with van der Waals surface area (Å²) in [4.78, 5) is 24.1. The summed E-state index contributed by atoms with van der Waals surface area (Å²) in [7, 11) is 1.60. The predicted molar refractivity (Wildman–Crippen MR) is 87.6 cm³/mol. The highest BCUT2D eigenvalue weighted by atomic mass is 16.5. The topological polar surface area (TPSA) is 75.6 Å². The molecule has 2 N–H and O–H groups in total. The molecule has 1 atom stereocenters. The molecule has 1 aromatic rings. The molecule has 1 fully saturated rings. The lowest BCUT2D eigenvalue weighted by atomic mass is 9.63. The molecular formula is C18H25NO4. The molecule has 23 heavy (non-hydrogen) atoms. The lowest BCUT2D eigenvalue weighted by Crippen LogP contribution is -2.53. The van der Waals surface area contributed by atoms with Gasteiger partial charge in [0.2, 0.25) is 5.91 Å². The second-order valence-electron chi connectivity index (χ2n) is 6.17. The van der Waals surface area contributed by atoms with Gasteiger partial charge in [-0.05, 0) is 37.0 Å². The van der Waals surface area contributed by atoms with Crippen molar-refractivity contribution in [3.63, 3.8) is 0 Å². The fourth-order valence-corrected chi connectivity index (χ4v) is 3.05. The number of rotatable bonds is 8. The van der Waals surface area contributed by atoms with E-state index in [4.69, 9.17) is 4.74 Å². The molecule has 0 aliphatic heterocycles. The van der Waals surface area contributed by atoms with Crippen molar-refractivity contribution in [1.29, 1.82) is 0 Å². The number of hydrogen-bond donors (Lipinski definition) is 2. The Hall–Kier alpha value is -2.04. The van der Waals surface area contributed by atoms with Gasteiger partial charge in [-0.25, -0.2) is 4.79 Å². The van der Waals surface area contributed by atoms with Crippen LogP contribution in [0.5, 0.6) is 5.75 Å². The highest BCUT2D eigenvalue weighted by Gasteiger charge is 2.46. The van der Waals surface area contributed by atoms with Gasteiger partial charge in [0.25, 0.3) is 0 Å². The maximum absolute atomic E-state index is 12.8. The van der Waals surface area contributed by atoms with Crippen LogP contribution in [0.15, 0.2) is 24.3 Å². The molecule has 0 spiro atoms. The second kappa shape index (κ2) is 7.49. The minimum Gasteiger partial charge on any atom is -0.497 e. The Morgan fingerprint density at radius 1 is 1.30 bits per heavy atom. The standard InChI is InChI=1S/C18H25NO4/c1-3-4-6-15(16(20)21)19-17(22)18(11-5-12-18)13-7-9-14(23-2)10-8-13/h7-10,15H,3-6,11-12H2,1-2H3,(H,19,22)(H,20,21). The first-order valence-electron chi connectivity index (χ1n) is 8.22. The molecule has 1 saturated carbocycles. The van der Waals surface area contributed by atoms with Gasteiger partial charge in [-0.1, -0.05) is 38.3 Å². The minimum absolute atomic E-state index is 0.169. The third kappa shape index (κ3) is 3.66. The summed E-state index contributed by atoms with van der Waals surface area (Å²) in [5, 5.41) is 12.1. The van der Waals surface area contributed by atoms with Gasteiger partial charge in [0, 0.05) is 0 Å². The van der Waals surface area contributed by atoms with E-state index in [0.29, 0.717) is 6.42 Å². The highest BCUT2D eigenvalue weighted by molar-refractivity contribution is 5.92. The number of nitrogens with one attached hydrogen (secondary N) is 1. The lowest BCUT2D eigenvalue weighted by molar-refractivity contribution is -0.143. The molecule has 1 aliphatic carbocycles. The van der Waals surface area contributed by atoms with Crippen LogP contribution in [-0.2, 0) is 15.0 Å². The van der Waals surface area contributed by atoms with Crippen LogP contribution in [0.4, 0.5) is 0 Å². The summed E-state index contributed by atoms with van der Waals surface area (Å²) in [5.41, 5.74) is 0.341. The molecule has 0 radical (unpaired) electrons. The van der Waals surface area contributed by atoms with Crippen LogP contribution < -0.4 is 10.1 Å². The van der Waals surface area contributed by atoms with Gasteiger partial charge in [0.1, 0.15) is 11.8 Å². The first kappa shape index (κ1) is 17.3. The molecule has 1 unspecified atom stereocenters. The van der Waals surface area contributed by atoms with Gasteiger partial charge in [0.15, 0.2) is 0 Å². The number of carbonyl (C=O) groups is 2. The normalized spacial score (nSPS) is 17.0. The number of aliphatic carboxylic acids is 1. The van der Waals surface area contributed by atoms with Crippen molar-refractivity contribution >= 4 is 11.9 Å². The van der Waals surface area contributed by atoms with E-state index in [1.807, 2.05) is 31.2 Å². The summed E-state index contributed by atoms with van der Waals surface area (Å²) >= 11 is 0. The van der Waals surface area contributed by atoms with Crippen molar-refractivity contribution in [3.05, 3.63) is 29.8 Å². The molecular weight excluding hydrogens is 294 g/mol. The van der Waals surface area contributed by atoms with Crippen molar-refractivity contribution in [2.45, 2.75) is 56.9 Å². The van der Waals surface area contributed by atoms with Gasteiger partial charge in [0.05, 0.1) is 12.5 Å². The van der Waals surface area contributed by atoms with Crippen molar-refractivity contribution in [1.82, 2.24) is 5.32 Å². The fraction of sp³-hybridized carbons (Fsp3) is 0.556. The van der Waals surface area contributed by atoms with E-state index in [0.717, 1.165) is 43.4 Å². The highest BCUT2D eigenvalue weighted by Crippen LogP contribution is 2.44.